The van der Waals surface area contributed by atoms with Crippen LogP contribution in [0.4, 0.5) is 5.69 Å². The molecule has 1 fully saturated rings. The maximum atomic E-state index is 10.9. The van der Waals surface area contributed by atoms with Gasteiger partial charge in [0.2, 0.25) is 5.91 Å². The van der Waals surface area contributed by atoms with Crippen molar-refractivity contribution in [2.75, 3.05) is 18.5 Å². The van der Waals surface area contributed by atoms with Gasteiger partial charge in [-0.1, -0.05) is 12.1 Å². The molecule has 98 valence electrons. The number of nitrogens with one attached hydrogen (secondary N) is 1. The van der Waals surface area contributed by atoms with Crippen molar-refractivity contribution in [1.29, 1.82) is 0 Å². The fourth-order valence-corrected chi connectivity index (χ4v) is 2.09. The van der Waals surface area contributed by atoms with Crippen molar-refractivity contribution in [3.63, 3.8) is 0 Å². The van der Waals surface area contributed by atoms with Crippen molar-refractivity contribution in [1.82, 2.24) is 4.90 Å². The maximum Gasteiger partial charge on any atom is 0.221 e. The van der Waals surface area contributed by atoms with Crippen LogP contribution in [0.1, 0.15) is 25.3 Å². The predicted octanol–water partition coefficient (Wildman–Crippen LogP) is 1.60. The highest BCUT2D eigenvalue weighted by Crippen LogP contribution is 2.28. The van der Waals surface area contributed by atoms with Crippen molar-refractivity contribution in [2.24, 2.45) is 0 Å². The minimum atomic E-state index is -0.0531. The third kappa shape index (κ3) is 3.82. The zero-order valence-electron chi connectivity index (χ0n) is 10.7. The average molecular weight is 248 g/mol. The number of nitrogens with zero attached hydrogens (tertiary/aromatic N) is 1. The number of anilines is 1. The van der Waals surface area contributed by atoms with E-state index < -0.39 is 0 Å². The molecule has 1 saturated carbocycles. The molecule has 1 aromatic rings. The molecule has 0 heterocycles. The minimum absolute atomic E-state index is 0.0531. The summed E-state index contributed by atoms with van der Waals surface area (Å²) in [6.45, 7) is 3.31. The third-order valence-electron chi connectivity index (χ3n) is 3.11. The normalized spacial score (nSPS) is 14.8. The van der Waals surface area contributed by atoms with Crippen LogP contribution < -0.4 is 5.32 Å². The molecule has 0 bridgehead atoms. The first-order valence-electron chi connectivity index (χ1n) is 6.40. The SMILES string of the molecule is CC(=O)Nc1ccc(CN(CCO)C2CC2)cc1. The number of carbonyl (C=O) groups is 1. The van der Waals surface area contributed by atoms with Crippen LogP contribution in [-0.4, -0.2) is 35.1 Å². The van der Waals surface area contributed by atoms with Gasteiger partial charge in [0.1, 0.15) is 0 Å². The van der Waals surface area contributed by atoms with E-state index in [1.54, 1.807) is 0 Å². The molecule has 0 unspecified atom stereocenters. The number of carbonyl (C=O) groups excluding carboxylic acids is 1. The van der Waals surface area contributed by atoms with Crippen molar-refractivity contribution < 1.29 is 9.90 Å². The van der Waals surface area contributed by atoms with Crippen LogP contribution in [-0.2, 0) is 11.3 Å². The zero-order chi connectivity index (χ0) is 13.0. The van der Waals surface area contributed by atoms with Gasteiger partial charge in [0.15, 0.2) is 0 Å². The smallest absolute Gasteiger partial charge is 0.221 e. The first-order valence-corrected chi connectivity index (χ1v) is 6.40. The van der Waals surface area contributed by atoms with Gasteiger partial charge in [-0.25, -0.2) is 0 Å². The predicted molar refractivity (Wildman–Crippen MR) is 71.3 cm³/mol. The number of rotatable bonds is 6. The van der Waals surface area contributed by atoms with Gasteiger partial charge >= 0.3 is 0 Å². The van der Waals surface area contributed by atoms with Gasteiger partial charge in [-0.2, -0.15) is 0 Å². The Morgan fingerprint density at radius 1 is 1.39 bits per heavy atom. The molecule has 4 nitrogen and oxygen atoms in total. The Hall–Kier alpha value is -1.39. The Kier molecular flexibility index (Phi) is 4.33. The molecule has 1 aliphatic carbocycles. The molecule has 0 radical (unpaired) electrons. The van der Waals surface area contributed by atoms with Gasteiger partial charge in [0.25, 0.3) is 0 Å². The summed E-state index contributed by atoms with van der Waals surface area (Å²) in [5, 5.41) is 11.8. The molecule has 2 rings (SSSR count). The molecule has 0 saturated heterocycles. The van der Waals surface area contributed by atoms with E-state index in [4.69, 9.17) is 5.11 Å². The second-order valence-corrected chi connectivity index (χ2v) is 4.80. The van der Waals surface area contributed by atoms with Gasteiger partial charge in [-0.05, 0) is 30.5 Å². The maximum absolute atomic E-state index is 10.9. The van der Waals surface area contributed by atoms with E-state index in [0.717, 1.165) is 18.8 Å². The molecule has 0 spiro atoms. The summed E-state index contributed by atoms with van der Waals surface area (Å²) in [5.74, 6) is -0.0531. The van der Waals surface area contributed by atoms with E-state index in [1.165, 1.54) is 25.3 Å². The van der Waals surface area contributed by atoms with Crippen LogP contribution in [0.25, 0.3) is 0 Å². The number of aliphatic hydroxyl groups is 1. The number of hydrogen-bond acceptors (Lipinski definition) is 3. The van der Waals surface area contributed by atoms with Gasteiger partial charge < -0.3 is 10.4 Å². The molecular formula is C14H20N2O2. The number of aliphatic hydroxyl groups excluding tert-OH is 1. The molecule has 4 heteroatoms. The van der Waals surface area contributed by atoms with E-state index in [1.807, 2.05) is 24.3 Å². The zero-order valence-corrected chi connectivity index (χ0v) is 10.7. The summed E-state index contributed by atoms with van der Waals surface area (Å²) < 4.78 is 0. The van der Waals surface area contributed by atoms with E-state index in [9.17, 15) is 4.79 Å². The van der Waals surface area contributed by atoms with E-state index in [0.29, 0.717) is 6.04 Å². The molecule has 0 aromatic heterocycles. The van der Waals surface area contributed by atoms with Crippen molar-refractivity contribution in [3.8, 4) is 0 Å². The molecule has 0 atom stereocenters. The van der Waals surface area contributed by atoms with Crippen molar-refractivity contribution in [3.05, 3.63) is 29.8 Å². The lowest BCUT2D eigenvalue weighted by molar-refractivity contribution is -0.114. The topological polar surface area (TPSA) is 52.6 Å². The van der Waals surface area contributed by atoms with Gasteiger partial charge in [0, 0.05) is 31.7 Å². The highest BCUT2D eigenvalue weighted by molar-refractivity contribution is 5.88. The van der Waals surface area contributed by atoms with E-state index in [-0.39, 0.29) is 12.5 Å². The molecular weight excluding hydrogens is 228 g/mol. The van der Waals surface area contributed by atoms with E-state index >= 15 is 0 Å². The Labute approximate surface area is 108 Å². The monoisotopic (exact) mass is 248 g/mol. The number of hydrogen-bond donors (Lipinski definition) is 2. The lowest BCUT2D eigenvalue weighted by atomic mass is 10.2. The Morgan fingerprint density at radius 3 is 2.56 bits per heavy atom. The summed E-state index contributed by atoms with van der Waals surface area (Å²) in [4.78, 5) is 13.2. The fourth-order valence-electron chi connectivity index (χ4n) is 2.09. The summed E-state index contributed by atoms with van der Waals surface area (Å²) in [6, 6.07) is 8.53. The Morgan fingerprint density at radius 2 is 2.06 bits per heavy atom. The minimum Gasteiger partial charge on any atom is -0.395 e. The third-order valence-corrected chi connectivity index (χ3v) is 3.11. The van der Waals surface area contributed by atoms with Crippen molar-refractivity contribution >= 4 is 11.6 Å². The van der Waals surface area contributed by atoms with Gasteiger partial charge in [-0.3, -0.25) is 9.69 Å². The van der Waals surface area contributed by atoms with Crippen LogP contribution in [0.15, 0.2) is 24.3 Å². The van der Waals surface area contributed by atoms with Gasteiger partial charge in [-0.15, -0.1) is 0 Å². The standard InChI is InChI=1S/C14H20N2O2/c1-11(18)15-13-4-2-12(3-5-13)10-16(8-9-17)14-6-7-14/h2-5,14,17H,6-10H2,1H3,(H,15,18). The van der Waals surface area contributed by atoms with Crippen LogP contribution in [0, 0.1) is 0 Å². The number of amides is 1. The molecule has 0 aliphatic heterocycles. The largest absolute Gasteiger partial charge is 0.395 e. The molecule has 1 aliphatic rings. The first-order chi connectivity index (χ1) is 8.69. The van der Waals surface area contributed by atoms with E-state index in [2.05, 4.69) is 10.2 Å². The van der Waals surface area contributed by atoms with Crippen LogP contribution in [0.3, 0.4) is 0 Å². The van der Waals surface area contributed by atoms with Gasteiger partial charge in [0.05, 0.1) is 6.61 Å². The number of benzene rings is 1. The second-order valence-electron chi connectivity index (χ2n) is 4.80. The Bertz CT molecular complexity index is 399. The van der Waals surface area contributed by atoms with Crippen molar-refractivity contribution in [2.45, 2.75) is 32.4 Å². The first kappa shape index (κ1) is 13.1. The lowest BCUT2D eigenvalue weighted by Crippen LogP contribution is -2.28. The Balaban J connectivity index is 1.93. The highest BCUT2D eigenvalue weighted by Gasteiger charge is 2.28. The fraction of sp³-hybridized carbons (Fsp3) is 0.500. The summed E-state index contributed by atoms with van der Waals surface area (Å²) in [5.41, 5.74) is 2.04. The quantitative estimate of drug-likeness (QED) is 0.804. The molecule has 18 heavy (non-hydrogen) atoms. The van der Waals surface area contributed by atoms with Crippen LogP contribution in [0.5, 0.6) is 0 Å². The summed E-state index contributed by atoms with van der Waals surface area (Å²) >= 11 is 0. The lowest BCUT2D eigenvalue weighted by Gasteiger charge is -2.20. The average Bonchev–Trinajstić information content (AvgIpc) is 3.14. The summed E-state index contributed by atoms with van der Waals surface area (Å²) in [6.07, 6.45) is 2.48. The molecule has 1 amide bonds. The van der Waals surface area contributed by atoms with Crippen LogP contribution in [0.2, 0.25) is 0 Å². The second kappa shape index (κ2) is 5.98. The molecule has 1 aromatic carbocycles. The summed E-state index contributed by atoms with van der Waals surface area (Å²) in [7, 11) is 0. The molecule has 2 N–H and O–H groups in total. The van der Waals surface area contributed by atoms with Crippen LogP contribution >= 0.6 is 0 Å². The highest BCUT2D eigenvalue weighted by atomic mass is 16.3.